The molecule has 0 radical (unpaired) electrons. The molecule has 2 heterocycles. The van der Waals surface area contributed by atoms with E-state index in [1.165, 1.54) is 12.4 Å². The average molecular weight is 341 g/mol. The Morgan fingerprint density at radius 2 is 1.96 bits per heavy atom. The molecule has 0 saturated carbocycles. The first-order chi connectivity index (χ1) is 12.1. The summed E-state index contributed by atoms with van der Waals surface area (Å²) >= 11 is 0. The molecule has 0 fully saturated rings. The van der Waals surface area contributed by atoms with Gasteiger partial charge in [0, 0.05) is 25.0 Å². The summed E-state index contributed by atoms with van der Waals surface area (Å²) in [7, 11) is 0. The first-order valence-corrected chi connectivity index (χ1v) is 7.33. The molecule has 0 bridgehead atoms. The van der Waals surface area contributed by atoms with Crippen LogP contribution in [0.1, 0.15) is 16.1 Å². The minimum Gasteiger partial charge on any atom is -0.365 e. The summed E-state index contributed by atoms with van der Waals surface area (Å²) in [5.41, 5.74) is 0.848. The zero-order valence-electron chi connectivity index (χ0n) is 12.9. The second-order valence-electron chi connectivity index (χ2n) is 5.08. The van der Waals surface area contributed by atoms with Crippen molar-refractivity contribution in [2.24, 2.45) is 0 Å². The minimum absolute atomic E-state index is 0.00986. The van der Waals surface area contributed by atoms with Gasteiger partial charge < -0.3 is 10.6 Å². The summed E-state index contributed by atoms with van der Waals surface area (Å²) in [6, 6.07) is 6.61. The molecule has 3 aromatic rings. The van der Waals surface area contributed by atoms with Gasteiger partial charge in [0.25, 0.3) is 5.91 Å². The van der Waals surface area contributed by atoms with Gasteiger partial charge in [0.1, 0.15) is 23.1 Å². The fraction of sp³-hybridized carbons (Fsp3) is 0.0588. The molecule has 0 unspecified atom stereocenters. The lowest BCUT2D eigenvalue weighted by atomic mass is 10.3. The summed E-state index contributed by atoms with van der Waals surface area (Å²) < 4.78 is 26.4. The Kier molecular flexibility index (Phi) is 4.89. The highest BCUT2D eigenvalue weighted by atomic mass is 19.1. The smallest absolute Gasteiger partial charge is 0.275 e. The second kappa shape index (κ2) is 7.43. The number of aromatic nitrogens is 3. The van der Waals surface area contributed by atoms with Crippen LogP contribution in [0, 0.1) is 11.6 Å². The van der Waals surface area contributed by atoms with Crippen molar-refractivity contribution < 1.29 is 13.6 Å². The zero-order valence-corrected chi connectivity index (χ0v) is 12.9. The van der Waals surface area contributed by atoms with Gasteiger partial charge in [-0.2, -0.15) is 0 Å². The number of nitrogens with zero attached hydrogens (tertiary/aromatic N) is 3. The Morgan fingerprint density at radius 3 is 2.64 bits per heavy atom. The van der Waals surface area contributed by atoms with Crippen molar-refractivity contribution in [3.05, 3.63) is 78.0 Å². The number of nitrogens with one attached hydrogen (secondary N) is 2. The lowest BCUT2D eigenvalue weighted by molar-refractivity contribution is 0.102. The topological polar surface area (TPSA) is 79.8 Å². The normalized spacial score (nSPS) is 10.3. The van der Waals surface area contributed by atoms with Crippen molar-refractivity contribution in [3.8, 4) is 0 Å². The van der Waals surface area contributed by atoms with Crippen LogP contribution in [0.4, 0.5) is 20.3 Å². The van der Waals surface area contributed by atoms with Crippen LogP contribution < -0.4 is 10.6 Å². The molecular formula is C17H13F2N5O. The number of anilines is 2. The number of hydrogen-bond acceptors (Lipinski definition) is 5. The van der Waals surface area contributed by atoms with E-state index < -0.39 is 17.5 Å². The Hall–Kier alpha value is -3.42. The summed E-state index contributed by atoms with van der Waals surface area (Å²) in [6.45, 7) is 0.509. The van der Waals surface area contributed by atoms with Crippen molar-refractivity contribution in [1.29, 1.82) is 0 Å². The van der Waals surface area contributed by atoms with Crippen LogP contribution in [0.5, 0.6) is 0 Å². The molecule has 1 aromatic carbocycles. The third kappa shape index (κ3) is 4.31. The van der Waals surface area contributed by atoms with Crippen molar-refractivity contribution in [2.75, 3.05) is 10.6 Å². The molecule has 126 valence electrons. The molecule has 3 rings (SSSR count). The molecule has 0 atom stereocenters. The van der Waals surface area contributed by atoms with E-state index >= 15 is 0 Å². The Morgan fingerprint density at radius 1 is 1.08 bits per heavy atom. The number of carbonyl (C=O) groups excluding carboxylic acids is 1. The number of benzene rings is 1. The number of halogens is 2. The number of carbonyl (C=O) groups is 1. The van der Waals surface area contributed by atoms with Gasteiger partial charge in [0.15, 0.2) is 0 Å². The molecule has 0 aliphatic heterocycles. The molecule has 2 aromatic heterocycles. The van der Waals surface area contributed by atoms with E-state index in [4.69, 9.17) is 0 Å². The summed E-state index contributed by atoms with van der Waals surface area (Å²) in [5.74, 6) is -1.75. The lowest BCUT2D eigenvalue weighted by Gasteiger charge is -2.07. The van der Waals surface area contributed by atoms with Gasteiger partial charge in [-0.3, -0.25) is 9.78 Å². The van der Waals surface area contributed by atoms with Crippen molar-refractivity contribution in [1.82, 2.24) is 15.0 Å². The van der Waals surface area contributed by atoms with Crippen molar-refractivity contribution >= 4 is 17.4 Å². The SMILES string of the molecule is O=C(Nc1ccc(F)cc1F)c1cnc(NCc2cccnc2)cn1. The predicted octanol–water partition coefficient (Wildman–Crippen LogP) is 3.01. The number of hydrogen-bond donors (Lipinski definition) is 2. The zero-order chi connectivity index (χ0) is 17.6. The Bertz CT molecular complexity index is 872. The molecule has 6 nitrogen and oxygen atoms in total. The van der Waals surface area contributed by atoms with Crippen LogP contribution in [-0.2, 0) is 6.54 Å². The van der Waals surface area contributed by atoms with Crippen LogP contribution in [0.3, 0.4) is 0 Å². The maximum absolute atomic E-state index is 13.5. The van der Waals surface area contributed by atoms with E-state index in [0.717, 1.165) is 17.7 Å². The molecule has 0 saturated heterocycles. The van der Waals surface area contributed by atoms with Crippen LogP contribution in [-0.4, -0.2) is 20.9 Å². The van der Waals surface area contributed by atoms with E-state index in [-0.39, 0.29) is 11.4 Å². The van der Waals surface area contributed by atoms with Crippen LogP contribution in [0.15, 0.2) is 55.1 Å². The van der Waals surface area contributed by atoms with Crippen LogP contribution >= 0.6 is 0 Å². The lowest BCUT2D eigenvalue weighted by Crippen LogP contribution is -2.15. The van der Waals surface area contributed by atoms with Gasteiger partial charge in [0.2, 0.25) is 0 Å². The van der Waals surface area contributed by atoms with Crippen LogP contribution in [0.2, 0.25) is 0 Å². The highest BCUT2D eigenvalue weighted by Gasteiger charge is 2.12. The predicted molar refractivity (Wildman–Crippen MR) is 87.9 cm³/mol. The molecule has 2 N–H and O–H groups in total. The summed E-state index contributed by atoms with van der Waals surface area (Å²) in [5, 5.41) is 5.36. The van der Waals surface area contributed by atoms with Crippen molar-refractivity contribution in [2.45, 2.75) is 6.54 Å². The van der Waals surface area contributed by atoms with E-state index in [9.17, 15) is 13.6 Å². The molecule has 0 aliphatic carbocycles. The molecule has 8 heteroatoms. The van der Waals surface area contributed by atoms with Gasteiger partial charge in [-0.25, -0.2) is 18.7 Å². The van der Waals surface area contributed by atoms with Gasteiger partial charge in [-0.05, 0) is 23.8 Å². The minimum atomic E-state index is -0.865. The number of amides is 1. The molecular weight excluding hydrogens is 328 g/mol. The largest absolute Gasteiger partial charge is 0.365 e. The fourth-order valence-electron chi connectivity index (χ4n) is 2.01. The highest BCUT2D eigenvalue weighted by Crippen LogP contribution is 2.15. The molecule has 1 amide bonds. The highest BCUT2D eigenvalue weighted by molar-refractivity contribution is 6.02. The third-order valence-corrected chi connectivity index (χ3v) is 3.26. The van der Waals surface area contributed by atoms with E-state index in [2.05, 4.69) is 25.6 Å². The second-order valence-corrected chi connectivity index (χ2v) is 5.08. The van der Waals surface area contributed by atoms with E-state index in [1.54, 1.807) is 12.4 Å². The molecule has 0 aliphatic rings. The maximum atomic E-state index is 13.5. The average Bonchev–Trinajstić information content (AvgIpc) is 2.63. The Labute approximate surface area is 142 Å². The van der Waals surface area contributed by atoms with Gasteiger partial charge >= 0.3 is 0 Å². The number of pyridine rings is 1. The molecule has 0 spiro atoms. The number of rotatable bonds is 5. The first-order valence-electron chi connectivity index (χ1n) is 7.33. The van der Waals surface area contributed by atoms with Gasteiger partial charge in [-0.15, -0.1) is 0 Å². The van der Waals surface area contributed by atoms with Gasteiger partial charge in [0.05, 0.1) is 18.1 Å². The van der Waals surface area contributed by atoms with E-state index in [1.807, 2.05) is 12.1 Å². The van der Waals surface area contributed by atoms with E-state index in [0.29, 0.717) is 18.4 Å². The quantitative estimate of drug-likeness (QED) is 0.746. The van der Waals surface area contributed by atoms with Gasteiger partial charge in [-0.1, -0.05) is 6.07 Å². The third-order valence-electron chi connectivity index (χ3n) is 3.26. The van der Waals surface area contributed by atoms with Crippen molar-refractivity contribution in [3.63, 3.8) is 0 Å². The maximum Gasteiger partial charge on any atom is 0.275 e. The fourth-order valence-corrected chi connectivity index (χ4v) is 2.01. The molecule has 25 heavy (non-hydrogen) atoms. The monoisotopic (exact) mass is 341 g/mol. The first kappa shape index (κ1) is 16.4. The summed E-state index contributed by atoms with van der Waals surface area (Å²) in [6.07, 6.45) is 6.06. The summed E-state index contributed by atoms with van der Waals surface area (Å²) in [4.78, 5) is 24.1. The Balaban J connectivity index is 1.62. The standard InChI is InChI=1S/C17H13F2N5O/c18-12-3-4-14(13(19)6-12)24-17(25)15-9-23-16(10-21-15)22-8-11-2-1-5-20-7-11/h1-7,9-10H,8H2,(H,22,23)(H,24,25). The van der Waals surface area contributed by atoms with Crippen LogP contribution in [0.25, 0.3) is 0 Å².